The predicted molar refractivity (Wildman–Crippen MR) is 157 cm³/mol. The summed E-state index contributed by atoms with van der Waals surface area (Å²) < 4.78 is 12.2. The summed E-state index contributed by atoms with van der Waals surface area (Å²) in [7, 11) is 0. The largest absolute Gasteiger partial charge is 0.485 e. The number of aliphatic hydroxyl groups excluding tert-OH is 1. The Morgan fingerprint density at radius 2 is 1.44 bits per heavy atom. The van der Waals surface area contributed by atoms with Crippen LogP contribution in [0.3, 0.4) is 0 Å². The van der Waals surface area contributed by atoms with Crippen molar-refractivity contribution in [1.29, 1.82) is 0 Å². The molecule has 39 heavy (non-hydrogen) atoms. The molecule has 1 aliphatic carbocycles. The summed E-state index contributed by atoms with van der Waals surface area (Å²) in [5.74, 6) is 1.43. The number of halogens is 1. The molecule has 0 bridgehead atoms. The minimum absolute atomic E-state index is 0. The summed E-state index contributed by atoms with van der Waals surface area (Å²) in [4.78, 5) is 12.5. The van der Waals surface area contributed by atoms with E-state index in [4.69, 9.17) is 15.2 Å². The van der Waals surface area contributed by atoms with Gasteiger partial charge < -0.3 is 25.6 Å². The topological polar surface area (TPSA) is 93.8 Å². The van der Waals surface area contributed by atoms with Gasteiger partial charge in [0.2, 0.25) is 5.91 Å². The summed E-state index contributed by atoms with van der Waals surface area (Å²) in [5, 5.41) is 13.3. The number of aliphatic hydroxyl groups is 1. The molecule has 1 fully saturated rings. The Morgan fingerprint density at radius 1 is 0.846 bits per heavy atom. The van der Waals surface area contributed by atoms with E-state index < -0.39 is 18.1 Å². The summed E-state index contributed by atoms with van der Waals surface area (Å²) in [6, 6.07) is 25.3. The quantitative estimate of drug-likeness (QED) is 0.257. The van der Waals surface area contributed by atoms with E-state index in [9.17, 15) is 9.90 Å². The molecule has 3 aromatic carbocycles. The minimum Gasteiger partial charge on any atom is -0.485 e. The van der Waals surface area contributed by atoms with Crippen molar-refractivity contribution in [3.8, 4) is 11.5 Å². The number of benzene rings is 3. The van der Waals surface area contributed by atoms with Crippen molar-refractivity contribution in [2.24, 2.45) is 11.7 Å². The van der Waals surface area contributed by atoms with Gasteiger partial charge >= 0.3 is 0 Å². The fourth-order valence-electron chi connectivity index (χ4n) is 4.98. The number of hydrogen-bond donors (Lipinski definition) is 3. The molecule has 4 N–H and O–H groups in total. The molecular formula is C32H41ClN2O4. The van der Waals surface area contributed by atoms with Gasteiger partial charge in [0.05, 0.1) is 0 Å². The van der Waals surface area contributed by atoms with Crippen LogP contribution < -0.4 is 20.5 Å². The lowest BCUT2D eigenvalue weighted by atomic mass is 9.84. The van der Waals surface area contributed by atoms with Crippen molar-refractivity contribution in [3.63, 3.8) is 0 Å². The van der Waals surface area contributed by atoms with E-state index in [1.165, 1.54) is 19.3 Å². The van der Waals surface area contributed by atoms with E-state index in [1.807, 2.05) is 78.9 Å². The van der Waals surface area contributed by atoms with Crippen molar-refractivity contribution in [2.75, 3.05) is 6.54 Å². The molecule has 1 aliphatic rings. The standard InChI is InChI=1S/C32H40N2O4.ClH/c33-28(20-24-10-4-1-5-11-24)31(35)32(36)34-19-18-25-16-17-29(37-22-26-12-6-2-7-13-26)30(21-25)38-23-27-14-8-3-9-15-27;/h2-3,6-9,12-17,21,24,28,31,35H,1,4-5,10-11,18-20,22-23,33H2,(H,34,36);1H/t28-,31?;/m1./s1. The van der Waals surface area contributed by atoms with Crippen molar-refractivity contribution in [3.05, 3.63) is 95.6 Å². The Kier molecular flexibility index (Phi) is 12.6. The molecule has 1 amide bonds. The van der Waals surface area contributed by atoms with Crippen LogP contribution in [0.5, 0.6) is 11.5 Å². The maximum atomic E-state index is 12.5. The molecule has 6 nitrogen and oxygen atoms in total. The normalized spacial score (nSPS) is 15.0. The van der Waals surface area contributed by atoms with Crippen LogP contribution in [0.25, 0.3) is 0 Å². The third-order valence-corrected chi connectivity index (χ3v) is 7.20. The van der Waals surface area contributed by atoms with E-state index in [-0.39, 0.29) is 12.4 Å². The molecule has 4 rings (SSSR count). The highest BCUT2D eigenvalue weighted by molar-refractivity contribution is 5.85. The molecule has 0 heterocycles. The maximum Gasteiger partial charge on any atom is 0.250 e. The van der Waals surface area contributed by atoms with Crippen LogP contribution in [0.1, 0.15) is 55.2 Å². The van der Waals surface area contributed by atoms with Crippen molar-refractivity contribution in [2.45, 2.75) is 70.3 Å². The number of carbonyl (C=O) groups excluding carboxylic acids is 1. The van der Waals surface area contributed by atoms with E-state index in [2.05, 4.69) is 5.32 Å². The van der Waals surface area contributed by atoms with E-state index >= 15 is 0 Å². The highest BCUT2D eigenvalue weighted by Gasteiger charge is 2.26. The molecule has 0 radical (unpaired) electrons. The van der Waals surface area contributed by atoms with Gasteiger partial charge in [0.25, 0.3) is 0 Å². The Bertz CT molecular complexity index is 1120. The molecule has 0 saturated heterocycles. The lowest BCUT2D eigenvalue weighted by Gasteiger charge is -2.26. The fourth-order valence-corrected chi connectivity index (χ4v) is 4.98. The van der Waals surface area contributed by atoms with Crippen LogP contribution in [-0.4, -0.2) is 29.7 Å². The monoisotopic (exact) mass is 552 g/mol. The van der Waals surface area contributed by atoms with Gasteiger partial charge in [-0.05, 0) is 47.6 Å². The van der Waals surface area contributed by atoms with Crippen LogP contribution in [0.15, 0.2) is 78.9 Å². The second-order valence-electron chi connectivity index (χ2n) is 10.2. The zero-order chi connectivity index (χ0) is 26.6. The molecule has 0 aromatic heterocycles. The van der Waals surface area contributed by atoms with Crippen molar-refractivity contribution < 1.29 is 19.4 Å². The highest BCUT2D eigenvalue weighted by Crippen LogP contribution is 2.30. The third-order valence-electron chi connectivity index (χ3n) is 7.20. The van der Waals surface area contributed by atoms with Crippen LogP contribution in [0.2, 0.25) is 0 Å². The van der Waals surface area contributed by atoms with Crippen LogP contribution in [0, 0.1) is 5.92 Å². The zero-order valence-corrected chi connectivity index (χ0v) is 23.3. The Morgan fingerprint density at radius 3 is 2.05 bits per heavy atom. The second kappa shape index (κ2) is 16.1. The van der Waals surface area contributed by atoms with Crippen LogP contribution >= 0.6 is 12.4 Å². The SMILES string of the molecule is Cl.N[C@H](CC1CCCCC1)C(O)C(=O)NCCc1ccc(OCc2ccccc2)c(OCc2ccccc2)c1. The van der Waals surface area contributed by atoms with E-state index in [0.29, 0.717) is 50.0 Å². The van der Waals surface area contributed by atoms with Gasteiger partial charge in [-0.3, -0.25) is 4.79 Å². The van der Waals surface area contributed by atoms with Gasteiger partial charge in [0.1, 0.15) is 19.3 Å². The summed E-state index contributed by atoms with van der Waals surface area (Å²) in [6.45, 7) is 1.26. The van der Waals surface area contributed by atoms with Crippen LogP contribution in [0.4, 0.5) is 0 Å². The molecule has 3 aromatic rings. The summed E-state index contributed by atoms with van der Waals surface area (Å²) in [6.07, 6.45) is 6.09. The first-order valence-corrected chi connectivity index (χ1v) is 13.8. The summed E-state index contributed by atoms with van der Waals surface area (Å²) >= 11 is 0. The first-order valence-electron chi connectivity index (χ1n) is 13.8. The average Bonchev–Trinajstić information content (AvgIpc) is 2.96. The van der Waals surface area contributed by atoms with Gasteiger partial charge in [-0.25, -0.2) is 0 Å². The van der Waals surface area contributed by atoms with Gasteiger partial charge in [0.15, 0.2) is 11.5 Å². The molecular weight excluding hydrogens is 512 g/mol. The Labute approximate surface area is 238 Å². The summed E-state index contributed by atoms with van der Waals surface area (Å²) in [5.41, 5.74) is 9.32. The van der Waals surface area contributed by atoms with Crippen LogP contribution in [-0.2, 0) is 24.4 Å². The first-order chi connectivity index (χ1) is 18.6. The lowest BCUT2D eigenvalue weighted by Crippen LogP contribution is -2.47. The van der Waals surface area contributed by atoms with Crippen molar-refractivity contribution >= 4 is 18.3 Å². The molecule has 2 atom stereocenters. The van der Waals surface area contributed by atoms with Crippen molar-refractivity contribution in [1.82, 2.24) is 5.32 Å². The number of rotatable bonds is 13. The number of nitrogens with two attached hydrogens (primary N) is 1. The molecule has 0 spiro atoms. The average molecular weight is 553 g/mol. The number of carbonyl (C=O) groups is 1. The third kappa shape index (κ3) is 9.88. The second-order valence-corrected chi connectivity index (χ2v) is 10.2. The number of amides is 1. The Hall–Kier alpha value is -3.06. The van der Waals surface area contributed by atoms with Gasteiger partial charge in [0, 0.05) is 12.6 Å². The minimum atomic E-state index is -1.18. The van der Waals surface area contributed by atoms with Gasteiger partial charge in [-0.1, -0.05) is 98.8 Å². The smallest absolute Gasteiger partial charge is 0.250 e. The first kappa shape index (κ1) is 30.5. The molecule has 210 valence electrons. The van der Waals surface area contributed by atoms with Gasteiger partial charge in [-0.15, -0.1) is 12.4 Å². The zero-order valence-electron chi connectivity index (χ0n) is 22.5. The molecule has 1 unspecified atom stereocenters. The number of ether oxygens (including phenoxy) is 2. The highest BCUT2D eigenvalue weighted by atomic mass is 35.5. The molecule has 1 saturated carbocycles. The predicted octanol–water partition coefficient (Wildman–Crippen LogP) is 5.58. The Balaban J connectivity index is 0.00000420. The maximum absolute atomic E-state index is 12.5. The number of nitrogens with one attached hydrogen (secondary N) is 1. The fraction of sp³-hybridized carbons (Fsp3) is 0.406. The molecule has 0 aliphatic heterocycles. The molecule has 7 heteroatoms. The number of hydrogen-bond acceptors (Lipinski definition) is 5. The van der Waals surface area contributed by atoms with E-state index in [1.54, 1.807) is 0 Å². The lowest BCUT2D eigenvalue weighted by molar-refractivity contribution is -0.130. The van der Waals surface area contributed by atoms with E-state index in [0.717, 1.165) is 29.5 Å². The van der Waals surface area contributed by atoms with Gasteiger partial charge in [-0.2, -0.15) is 0 Å².